The number of nitrogens with one attached hydrogen (secondary N) is 1. The largest absolute Gasteiger partial charge is 0.497 e. The van der Waals surface area contributed by atoms with Gasteiger partial charge in [-0.15, -0.1) is 0 Å². The standard InChI is InChI=1S/C20H21FN2O4/c1-26-17-8-4-14(5-9-17)10-22-20(25)18-12-27-13-19(24)23(18)11-15-2-6-16(21)7-3-15/h2-9,18H,10-13H2,1H3,(H,22,25)/t18-/m0/s1. The third-order valence-electron chi connectivity index (χ3n) is 4.39. The van der Waals surface area contributed by atoms with E-state index in [1.54, 1.807) is 19.2 Å². The summed E-state index contributed by atoms with van der Waals surface area (Å²) in [6, 6.07) is 12.5. The summed E-state index contributed by atoms with van der Waals surface area (Å²) < 4.78 is 23.4. The van der Waals surface area contributed by atoms with E-state index in [-0.39, 0.29) is 37.4 Å². The first-order valence-electron chi connectivity index (χ1n) is 8.59. The van der Waals surface area contributed by atoms with Crippen LogP contribution in [0.2, 0.25) is 0 Å². The van der Waals surface area contributed by atoms with Crippen molar-refractivity contribution in [3.63, 3.8) is 0 Å². The summed E-state index contributed by atoms with van der Waals surface area (Å²) in [5.41, 5.74) is 1.66. The molecule has 0 unspecified atom stereocenters. The van der Waals surface area contributed by atoms with E-state index in [4.69, 9.17) is 9.47 Å². The van der Waals surface area contributed by atoms with E-state index < -0.39 is 6.04 Å². The fourth-order valence-corrected chi connectivity index (χ4v) is 2.86. The van der Waals surface area contributed by atoms with E-state index in [2.05, 4.69) is 5.32 Å². The highest BCUT2D eigenvalue weighted by molar-refractivity contribution is 5.89. The van der Waals surface area contributed by atoms with Crippen LogP contribution in [0.4, 0.5) is 4.39 Å². The molecule has 2 amide bonds. The average Bonchev–Trinajstić information content (AvgIpc) is 2.69. The van der Waals surface area contributed by atoms with Crippen LogP contribution < -0.4 is 10.1 Å². The zero-order valence-corrected chi connectivity index (χ0v) is 15.0. The summed E-state index contributed by atoms with van der Waals surface area (Å²) in [4.78, 5) is 26.4. The van der Waals surface area contributed by atoms with Gasteiger partial charge in [0.1, 0.15) is 24.2 Å². The lowest BCUT2D eigenvalue weighted by Gasteiger charge is -2.34. The molecule has 0 aromatic heterocycles. The van der Waals surface area contributed by atoms with Crippen LogP contribution in [0.5, 0.6) is 5.75 Å². The second kappa shape index (κ2) is 8.64. The Morgan fingerprint density at radius 1 is 1.19 bits per heavy atom. The van der Waals surface area contributed by atoms with Gasteiger partial charge in [0.15, 0.2) is 0 Å². The number of carbonyl (C=O) groups excluding carboxylic acids is 2. The van der Waals surface area contributed by atoms with E-state index in [1.165, 1.54) is 17.0 Å². The number of morpholine rings is 1. The second-order valence-corrected chi connectivity index (χ2v) is 6.24. The summed E-state index contributed by atoms with van der Waals surface area (Å²) in [6.07, 6.45) is 0. The fourth-order valence-electron chi connectivity index (χ4n) is 2.86. The van der Waals surface area contributed by atoms with E-state index in [0.717, 1.165) is 16.9 Å². The number of hydrogen-bond donors (Lipinski definition) is 1. The van der Waals surface area contributed by atoms with Gasteiger partial charge in [-0.1, -0.05) is 24.3 Å². The Bertz CT molecular complexity index is 793. The number of methoxy groups -OCH3 is 1. The summed E-state index contributed by atoms with van der Waals surface area (Å²) in [5.74, 6) is -0.168. The third-order valence-corrected chi connectivity index (χ3v) is 4.39. The zero-order chi connectivity index (χ0) is 19.2. The number of hydrogen-bond acceptors (Lipinski definition) is 4. The van der Waals surface area contributed by atoms with Crippen LogP contribution in [0.15, 0.2) is 48.5 Å². The summed E-state index contributed by atoms with van der Waals surface area (Å²) in [6.45, 7) is 0.617. The minimum absolute atomic E-state index is 0.0660. The Morgan fingerprint density at radius 3 is 2.52 bits per heavy atom. The van der Waals surface area contributed by atoms with Crippen LogP contribution in [0.25, 0.3) is 0 Å². The topological polar surface area (TPSA) is 67.9 Å². The molecule has 0 radical (unpaired) electrons. The lowest BCUT2D eigenvalue weighted by Crippen LogP contribution is -2.55. The molecule has 2 aromatic rings. The first-order chi connectivity index (χ1) is 13.1. The highest BCUT2D eigenvalue weighted by Crippen LogP contribution is 2.15. The van der Waals surface area contributed by atoms with Crippen molar-refractivity contribution in [1.82, 2.24) is 10.2 Å². The molecule has 0 aliphatic carbocycles. The molecule has 0 saturated carbocycles. The molecule has 6 nitrogen and oxygen atoms in total. The number of amides is 2. The Hall–Kier alpha value is -2.93. The minimum Gasteiger partial charge on any atom is -0.497 e. The molecule has 1 N–H and O–H groups in total. The van der Waals surface area contributed by atoms with Crippen LogP contribution in [0.1, 0.15) is 11.1 Å². The maximum Gasteiger partial charge on any atom is 0.249 e. The lowest BCUT2D eigenvalue weighted by molar-refractivity contribution is -0.155. The van der Waals surface area contributed by atoms with Gasteiger partial charge in [0.25, 0.3) is 0 Å². The molecule has 142 valence electrons. The van der Waals surface area contributed by atoms with Gasteiger partial charge < -0.3 is 19.7 Å². The van der Waals surface area contributed by atoms with Gasteiger partial charge in [-0.3, -0.25) is 9.59 Å². The predicted octanol–water partition coefficient (Wildman–Crippen LogP) is 1.88. The minimum atomic E-state index is -0.727. The van der Waals surface area contributed by atoms with Gasteiger partial charge in [0.05, 0.1) is 13.7 Å². The maximum atomic E-state index is 13.1. The molecule has 1 heterocycles. The van der Waals surface area contributed by atoms with Gasteiger partial charge in [0, 0.05) is 13.1 Å². The van der Waals surface area contributed by atoms with Crippen LogP contribution in [-0.2, 0) is 27.4 Å². The van der Waals surface area contributed by atoms with E-state index in [1.807, 2.05) is 24.3 Å². The Kier molecular flexibility index (Phi) is 6.03. The van der Waals surface area contributed by atoms with Gasteiger partial charge >= 0.3 is 0 Å². The van der Waals surface area contributed by atoms with Crippen molar-refractivity contribution < 1.29 is 23.5 Å². The quantitative estimate of drug-likeness (QED) is 0.841. The number of ether oxygens (including phenoxy) is 2. The van der Waals surface area contributed by atoms with E-state index in [9.17, 15) is 14.0 Å². The molecule has 27 heavy (non-hydrogen) atoms. The van der Waals surface area contributed by atoms with Gasteiger partial charge in [-0.05, 0) is 35.4 Å². The molecule has 1 saturated heterocycles. The molecule has 7 heteroatoms. The molecular weight excluding hydrogens is 351 g/mol. The summed E-state index contributed by atoms with van der Waals surface area (Å²) in [5, 5.41) is 2.84. The van der Waals surface area contributed by atoms with Crippen LogP contribution in [0.3, 0.4) is 0 Å². The predicted molar refractivity (Wildman–Crippen MR) is 96.4 cm³/mol. The first-order valence-corrected chi connectivity index (χ1v) is 8.59. The molecule has 1 fully saturated rings. The van der Waals surface area contributed by atoms with Crippen molar-refractivity contribution in [2.45, 2.75) is 19.1 Å². The fraction of sp³-hybridized carbons (Fsp3) is 0.300. The lowest BCUT2D eigenvalue weighted by atomic mass is 10.1. The molecule has 3 rings (SSSR count). The molecule has 1 aliphatic rings. The zero-order valence-electron chi connectivity index (χ0n) is 15.0. The molecule has 1 atom stereocenters. The average molecular weight is 372 g/mol. The smallest absolute Gasteiger partial charge is 0.249 e. The summed E-state index contributed by atoms with van der Waals surface area (Å²) >= 11 is 0. The summed E-state index contributed by atoms with van der Waals surface area (Å²) in [7, 11) is 1.59. The molecule has 0 bridgehead atoms. The molecule has 2 aromatic carbocycles. The second-order valence-electron chi connectivity index (χ2n) is 6.24. The molecular formula is C20H21FN2O4. The van der Waals surface area contributed by atoms with Crippen molar-refractivity contribution in [3.8, 4) is 5.75 Å². The van der Waals surface area contributed by atoms with Crippen molar-refractivity contribution in [2.24, 2.45) is 0 Å². The SMILES string of the molecule is COc1ccc(CNC(=O)[C@@H]2COCC(=O)N2Cc2ccc(F)cc2)cc1. The van der Waals surface area contributed by atoms with Gasteiger partial charge in [0.2, 0.25) is 11.8 Å². The van der Waals surface area contributed by atoms with Crippen molar-refractivity contribution in [3.05, 3.63) is 65.5 Å². The van der Waals surface area contributed by atoms with Crippen LogP contribution in [0, 0.1) is 5.82 Å². The van der Waals surface area contributed by atoms with Crippen LogP contribution >= 0.6 is 0 Å². The number of carbonyl (C=O) groups is 2. The number of nitrogens with zero attached hydrogens (tertiary/aromatic N) is 1. The van der Waals surface area contributed by atoms with Crippen molar-refractivity contribution in [2.75, 3.05) is 20.3 Å². The van der Waals surface area contributed by atoms with Gasteiger partial charge in [-0.25, -0.2) is 4.39 Å². The highest BCUT2D eigenvalue weighted by Gasteiger charge is 2.33. The molecule has 1 aliphatic heterocycles. The normalized spacial score (nSPS) is 16.9. The van der Waals surface area contributed by atoms with Crippen molar-refractivity contribution in [1.29, 1.82) is 0 Å². The van der Waals surface area contributed by atoms with Gasteiger partial charge in [-0.2, -0.15) is 0 Å². The number of benzene rings is 2. The van der Waals surface area contributed by atoms with E-state index in [0.29, 0.717) is 6.54 Å². The third kappa shape index (κ3) is 4.83. The first kappa shape index (κ1) is 18.8. The van der Waals surface area contributed by atoms with Crippen molar-refractivity contribution >= 4 is 11.8 Å². The van der Waals surface area contributed by atoms with E-state index >= 15 is 0 Å². The number of halogens is 1. The van der Waals surface area contributed by atoms with Crippen LogP contribution in [-0.4, -0.2) is 43.1 Å². The highest BCUT2D eigenvalue weighted by atomic mass is 19.1. The number of rotatable bonds is 6. The Morgan fingerprint density at radius 2 is 1.85 bits per heavy atom. The Balaban J connectivity index is 1.64. The monoisotopic (exact) mass is 372 g/mol. The Labute approximate surface area is 156 Å². The molecule has 0 spiro atoms. The maximum absolute atomic E-state index is 13.1.